The van der Waals surface area contributed by atoms with Gasteiger partial charge in [0.25, 0.3) is 5.91 Å². The molecule has 1 saturated heterocycles. The van der Waals surface area contributed by atoms with Crippen LogP contribution in [0.15, 0.2) is 36.5 Å². The van der Waals surface area contributed by atoms with Crippen LogP contribution in [0, 0.1) is 0 Å². The molecule has 3 N–H and O–H groups in total. The summed E-state index contributed by atoms with van der Waals surface area (Å²) >= 11 is 5.59. The topological polar surface area (TPSA) is 106 Å². The van der Waals surface area contributed by atoms with E-state index >= 15 is 0 Å². The summed E-state index contributed by atoms with van der Waals surface area (Å²) in [5, 5.41) is 12.9. The Balaban J connectivity index is 1.46. The second-order valence-electron chi connectivity index (χ2n) is 7.47. The number of nitrogens with one attached hydrogen (secondary N) is 3. The number of H-pyrrole nitrogens is 1. The van der Waals surface area contributed by atoms with E-state index in [0.29, 0.717) is 22.4 Å². The van der Waals surface area contributed by atoms with Gasteiger partial charge in [0, 0.05) is 49.9 Å². The molecular weight excluding hydrogens is 418 g/mol. The summed E-state index contributed by atoms with van der Waals surface area (Å²) < 4.78 is 0. The molecule has 1 aliphatic rings. The molecule has 2 aromatic heterocycles. The monoisotopic (exact) mass is 441 g/mol. The standard InChI is InChI=1S/C21H24ClN7O2/c1-28-8-10-29(11-9-28)16-4-2-14(3-5-16)25-21(31)19-17-12-15(24-18(30)6-7-22)13-23-20(17)27-26-19/h2-5,12-13H,6-11H2,1H3,(H,24,30)(H,25,31)(H,23,26,27). The maximum atomic E-state index is 12.8. The van der Waals surface area contributed by atoms with Gasteiger partial charge in [-0.1, -0.05) is 0 Å². The molecule has 2 amide bonds. The van der Waals surface area contributed by atoms with E-state index < -0.39 is 0 Å². The number of aromatic nitrogens is 3. The number of piperazine rings is 1. The first-order chi connectivity index (χ1) is 15.0. The largest absolute Gasteiger partial charge is 0.369 e. The third-order valence-electron chi connectivity index (χ3n) is 5.24. The average Bonchev–Trinajstić information content (AvgIpc) is 3.18. The number of hydrogen-bond acceptors (Lipinski definition) is 6. The van der Waals surface area contributed by atoms with Gasteiger partial charge in [0.15, 0.2) is 5.65 Å². The van der Waals surface area contributed by atoms with Crippen LogP contribution < -0.4 is 15.5 Å². The zero-order chi connectivity index (χ0) is 21.8. The smallest absolute Gasteiger partial charge is 0.274 e. The van der Waals surface area contributed by atoms with Crippen molar-refractivity contribution >= 4 is 51.5 Å². The molecule has 0 bridgehead atoms. The van der Waals surface area contributed by atoms with Crippen molar-refractivity contribution in [1.29, 1.82) is 0 Å². The van der Waals surface area contributed by atoms with Crippen molar-refractivity contribution in [2.75, 3.05) is 54.6 Å². The Morgan fingerprint density at radius 1 is 1.10 bits per heavy atom. The number of fused-ring (bicyclic) bond motifs is 1. The van der Waals surface area contributed by atoms with Gasteiger partial charge in [-0.15, -0.1) is 11.6 Å². The summed E-state index contributed by atoms with van der Waals surface area (Å²) in [5.41, 5.74) is 2.98. The van der Waals surface area contributed by atoms with Crippen LogP contribution in [0.1, 0.15) is 16.9 Å². The van der Waals surface area contributed by atoms with Crippen molar-refractivity contribution in [3.05, 3.63) is 42.2 Å². The zero-order valence-corrected chi connectivity index (χ0v) is 17.9. The number of nitrogens with zero attached hydrogens (tertiary/aromatic N) is 4. The number of anilines is 3. The Morgan fingerprint density at radius 2 is 1.84 bits per heavy atom. The van der Waals surface area contributed by atoms with Crippen LogP contribution in [0.3, 0.4) is 0 Å². The molecule has 0 spiro atoms. The molecule has 9 nitrogen and oxygen atoms in total. The molecule has 0 unspecified atom stereocenters. The van der Waals surface area contributed by atoms with Crippen molar-refractivity contribution in [2.45, 2.75) is 6.42 Å². The minimum absolute atomic E-state index is 0.197. The second-order valence-corrected chi connectivity index (χ2v) is 7.85. The average molecular weight is 442 g/mol. The Bertz CT molecular complexity index is 1080. The van der Waals surface area contributed by atoms with Gasteiger partial charge in [0.05, 0.1) is 17.3 Å². The lowest BCUT2D eigenvalue weighted by Gasteiger charge is -2.34. The number of alkyl halides is 1. The van der Waals surface area contributed by atoms with Crippen molar-refractivity contribution in [2.24, 2.45) is 0 Å². The molecule has 1 aliphatic heterocycles. The molecule has 0 aliphatic carbocycles. The first kappa shape index (κ1) is 21.1. The van der Waals surface area contributed by atoms with Gasteiger partial charge in [0.1, 0.15) is 5.69 Å². The highest BCUT2D eigenvalue weighted by molar-refractivity contribution is 6.19. The SMILES string of the molecule is CN1CCN(c2ccc(NC(=O)c3[nH]nc4ncc(NC(=O)CCCl)cc34)cc2)CC1. The van der Waals surface area contributed by atoms with Crippen molar-refractivity contribution in [3.63, 3.8) is 0 Å². The van der Waals surface area contributed by atoms with E-state index in [4.69, 9.17) is 11.6 Å². The van der Waals surface area contributed by atoms with E-state index in [1.54, 1.807) is 6.07 Å². The van der Waals surface area contributed by atoms with Crippen LogP contribution in [0.2, 0.25) is 0 Å². The molecule has 162 valence electrons. The van der Waals surface area contributed by atoms with Crippen LogP contribution in [-0.4, -0.2) is 71.0 Å². The van der Waals surface area contributed by atoms with Gasteiger partial charge in [-0.3, -0.25) is 14.7 Å². The molecule has 4 rings (SSSR count). The fourth-order valence-corrected chi connectivity index (χ4v) is 3.64. The number of halogens is 1. The van der Waals surface area contributed by atoms with Crippen LogP contribution in [0.5, 0.6) is 0 Å². The van der Waals surface area contributed by atoms with Crippen molar-refractivity contribution < 1.29 is 9.59 Å². The van der Waals surface area contributed by atoms with E-state index in [9.17, 15) is 9.59 Å². The van der Waals surface area contributed by atoms with E-state index in [2.05, 4.69) is 42.7 Å². The van der Waals surface area contributed by atoms with E-state index in [1.165, 1.54) is 6.20 Å². The molecule has 31 heavy (non-hydrogen) atoms. The zero-order valence-electron chi connectivity index (χ0n) is 17.2. The summed E-state index contributed by atoms with van der Waals surface area (Å²) in [6, 6.07) is 9.47. The van der Waals surface area contributed by atoms with Crippen LogP contribution in [0.4, 0.5) is 17.1 Å². The third kappa shape index (κ3) is 4.95. The number of carbonyl (C=O) groups excluding carboxylic acids is 2. The van der Waals surface area contributed by atoms with Crippen LogP contribution in [0.25, 0.3) is 11.0 Å². The number of benzene rings is 1. The maximum Gasteiger partial charge on any atom is 0.274 e. The van der Waals surface area contributed by atoms with E-state index in [0.717, 1.165) is 31.9 Å². The fourth-order valence-electron chi connectivity index (χ4n) is 3.46. The molecule has 1 aromatic carbocycles. The molecule has 3 aromatic rings. The quantitative estimate of drug-likeness (QED) is 0.507. The van der Waals surface area contributed by atoms with E-state index in [1.807, 2.05) is 24.3 Å². The number of aromatic amines is 1. The normalized spacial score (nSPS) is 14.6. The molecule has 0 atom stereocenters. The maximum absolute atomic E-state index is 12.8. The van der Waals surface area contributed by atoms with Crippen LogP contribution in [-0.2, 0) is 4.79 Å². The summed E-state index contributed by atoms with van der Waals surface area (Å²) in [5.74, 6) is -0.318. The third-order valence-corrected chi connectivity index (χ3v) is 5.42. The van der Waals surface area contributed by atoms with Gasteiger partial charge in [-0.25, -0.2) is 4.98 Å². The van der Waals surface area contributed by atoms with Gasteiger partial charge in [-0.2, -0.15) is 5.10 Å². The number of hydrogen-bond donors (Lipinski definition) is 3. The molecule has 1 fully saturated rings. The van der Waals surface area contributed by atoms with Gasteiger partial charge in [-0.05, 0) is 37.4 Å². The first-order valence-electron chi connectivity index (χ1n) is 10.1. The Hall–Kier alpha value is -3.17. The molecule has 0 radical (unpaired) electrons. The minimum atomic E-state index is -0.333. The summed E-state index contributed by atoms with van der Waals surface area (Å²) in [4.78, 5) is 33.4. The Labute approximate surface area is 184 Å². The van der Waals surface area contributed by atoms with Gasteiger partial charge >= 0.3 is 0 Å². The summed E-state index contributed by atoms with van der Waals surface area (Å²) in [6.07, 6.45) is 1.69. The lowest BCUT2D eigenvalue weighted by atomic mass is 10.2. The predicted molar refractivity (Wildman–Crippen MR) is 122 cm³/mol. The first-order valence-corrected chi connectivity index (χ1v) is 10.6. The number of amides is 2. The van der Waals surface area contributed by atoms with Crippen molar-refractivity contribution in [3.8, 4) is 0 Å². The lowest BCUT2D eigenvalue weighted by Crippen LogP contribution is -2.44. The predicted octanol–water partition coefficient (Wildman–Crippen LogP) is 2.53. The highest BCUT2D eigenvalue weighted by Gasteiger charge is 2.17. The summed E-state index contributed by atoms with van der Waals surface area (Å²) in [7, 11) is 2.13. The van der Waals surface area contributed by atoms with Crippen LogP contribution >= 0.6 is 11.6 Å². The molecular formula is C21H24ClN7O2. The second kappa shape index (κ2) is 9.32. The summed E-state index contributed by atoms with van der Waals surface area (Å²) in [6.45, 7) is 4.04. The molecule has 3 heterocycles. The van der Waals surface area contributed by atoms with Gasteiger partial charge in [0.2, 0.25) is 5.91 Å². The Kier molecular flexibility index (Phi) is 6.34. The fraction of sp³-hybridized carbons (Fsp3) is 0.333. The highest BCUT2D eigenvalue weighted by atomic mass is 35.5. The minimum Gasteiger partial charge on any atom is -0.369 e. The number of pyridine rings is 1. The lowest BCUT2D eigenvalue weighted by molar-refractivity contribution is -0.115. The number of carbonyl (C=O) groups is 2. The number of likely N-dealkylation sites (N-methyl/N-ethyl adjacent to an activating group) is 1. The highest BCUT2D eigenvalue weighted by Crippen LogP contribution is 2.22. The van der Waals surface area contributed by atoms with Crippen molar-refractivity contribution in [1.82, 2.24) is 20.1 Å². The van der Waals surface area contributed by atoms with E-state index in [-0.39, 0.29) is 29.8 Å². The van der Waals surface area contributed by atoms with Gasteiger partial charge < -0.3 is 20.4 Å². The number of rotatable bonds is 6. The molecule has 0 saturated carbocycles. The Morgan fingerprint density at radius 3 is 2.55 bits per heavy atom. The molecule has 10 heteroatoms.